The number of piperazine rings is 2. The molecule has 74 heavy (non-hydrogen) atoms. The molecule has 1 aromatic carbocycles. The van der Waals surface area contributed by atoms with Gasteiger partial charge in [-0.2, -0.15) is 10.1 Å². The molecule has 396 valence electrons. The van der Waals surface area contributed by atoms with Crippen LogP contribution in [0.2, 0.25) is 0 Å². The third-order valence-corrected chi connectivity index (χ3v) is 16.7. The number of imide groups is 2. The first-order valence-corrected chi connectivity index (χ1v) is 27.0. The van der Waals surface area contributed by atoms with Crippen molar-refractivity contribution in [2.45, 2.75) is 109 Å². The number of esters is 1. The van der Waals surface area contributed by atoms with Crippen molar-refractivity contribution in [3.8, 4) is 0 Å². The summed E-state index contributed by atoms with van der Waals surface area (Å²) in [5, 5.41) is 13.2. The minimum Gasteiger partial charge on any atom is -0.462 e. The van der Waals surface area contributed by atoms with Gasteiger partial charge in [0.25, 0.3) is 11.8 Å². The van der Waals surface area contributed by atoms with E-state index in [9.17, 15) is 33.6 Å². The van der Waals surface area contributed by atoms with Crippen LogP contribution in [0.4, 0.5) is 23.1 Å². The molecule has 2 aromatic heterocycles. The lowest BCUT2D eigenvalue weighted by Gasteiger charge is -2.43. The number of benzene rings is 1. The first kappa shape index (κ1) is 51.0. The van der Waals surface area contributed by atoms with Crippen LogP contribution in [0.25, 0.3) is 0 Å². The number of nitrogens with one attached hydrogen (secondary N) is 3. The number of hydrogen-bond donors (Lipinski definition) is 3. The van der Waals surface area contributed by atoms with E-state index in [0.717, 1.165) is 152 Å². The fraction of sp³-hybridized carbons (Fsp3) is 0.623. The number of fused-ring (bicyclic) bond motifs is 1. The molecular weight excluding hydrogens is 947 g/mol. The second-order valence-corrected chi connectivity index (χ2v) is 21.4. The van der Waals surface area contributed by atoms with Crippen molar-refractivity contribution < 1.29 is 38.3 Å². The number of aryl methyl sites for hydroxylation is 2. The van der Waals surface area contributed by atoms with Crippen molar-refractivity contribution in [2.75, 3.05) is 94.1 Å². The third kappa shape index (κ3) is 11.0. The molecule has 2 saturated carbocycles. The van der Waals surface area contributed by atoms with Crippen molar-refractivity contribution in [3.05, 3.63) is 53.0 Å². The van der Waals surface area contributed by atoms with E-state index in [1.165, 1.54) is 0 Å². The summed E-state index contributed by atoms with van der Waals surface area (Å²) in [4.78, 5) is 113. The van der Waals surface area contributed by atoms with Gasteiger partial charge in [0.2, 0.25) is 29.6 Å². The summed E-state index contributed by atoms with van der Waals surface area (Å²) < 4.78 is 7.08. The summed E-state index contributed by atoms with van der Waals surface area (Å²) in [5.41, 5.74) is 3.09. The molecule has 21 heteroatoms. The van der Waals surface area contributed by atoms with Crippen LogP contribution in [0, 0.1) is 24.7 Å². The molecular formula is C53H71N13O8. The van der Waals surface area contributed by atoms with Crippen LogP contribution in [-0.2, 0) is 31.0 Å². The summed E-state index contributed by atoms with van der Waals surface area (Å²) in [7, 11) is 1.84. The Kier molecular flexibility index (Phi) is 15.3. The molecule has 21 nitrogen and oxygen atoms in total. The molecule has 0 bridgehead atoms. The smallest absolute Gasteiger partial charge is 0.343 e. The number of carbonyl (C=O) groups is 7. The van der Waals surface area contributed by atoms with Gasteiger partial charge in [0.15, 0.2) is 0 Å². The third-order valence-electron chi connectivity index (χ3n) is 16.7. The molecule has 1 atom stereocenters. The van der Waals surface area contributed by atoms with Crippen molar-refractivity contribution in [1.82, 2.24) is 49.6 Å². The van der Waals surface area contributed by atoms with E-state index in [1.54, 1.807) is 36.9 Å². The van der Waals surface area contributed by atoms with Gasteiger partial charge in [-0.15, -0.1) is 0 Å². The summed E-state index contributed by atoms with van der Waals surface area (Å²) in [5.74, 6) is -0.619. The molecule has 2 aliphatic carbocycles. The van der Waals surface area contributed by atoms with Crippen molar-refractivity contribution >= 4 is 64.6 Å². The highest BCUT2D eigenvalue weighted by Gasteiger charge is 2.45. The number of carbonyl (C=O) groups excluding carboxylic acids is 7. The summed E-state index contributed by atoms with van der Waals surface area (Å²) in [6.45, 7) is 12.8. The van der Waals surface area contributed by atoms with Crippen LogP contribution in [0.5, 0.6) is 0 Å². The van der Waals surface area contributed by atoms with E-state index >= 15 is 0 Å². The first-order valence-electron chi connectivity index (χ1n) is 27.0. The Balaban J connectivity index is 0.617. The SMILES string of the molecule is CCOC(=O)c1c(C)nc(Nc2cnn(C)c2)nc1NC1CCC(N2CCN(C(=O)C3CCC(C(=O)N4CCC(CN5CCN(c6ccc7c(c6)C(=O)N(C6CCC(=O)NC6=O)C7=O)CC5)CC4)CC3)CC2)CC1. The van der Waals surface area contributed by atoms with E-state index in [4.69, 9.17) is 9.72 Å². The predicted octanol–water partition coefficient (Wildman–Crippen LogP) is 3.57. The van der Waals surface area contributed by atoms with Crippen LogP contribution in [0.1, 0.15) is 121 Å². The zero-order valence-corrected chi connectivity index (χ0v) is 43.1. The van der Waals surface area contributed by atoms with Gasteiger partial charge in [-0.3, -0.25) is 53.5 Å². The number of aromatic nitrogens is 4. The summed E-state index contributed by atoms with van der Waals surface area (Å²) in [6.07, 6.45) is 12.6. The van der Waals surface area contributed by atoms with Crippen LogP contribution in [-0.4, -0.2) is 182 Å². The number of nitrogens with zero attached hydrogens (tertiary/aromatic N) is 10. The molecule has 5 aliphatic heterocycles. The number of hydrogen-bond acceptors (Lipinski definition) is 16. The molecule has 7 heterocycles. The molecule has 3 N–H and O–H groups in total. The minimum atomic E-state index is -0.985. The molecule has 3 aromatic rings. The lowest BCUT2D eigenvalue weighted by molar-refractivity contribution is -0.143. The van der Waals surface area contributed by atoms with Gasteiger partial charge < -0.3 is 30.1 Å². The highest BCUT2D eigenvalue weighted by Crippen LogP contribution is 2.35. The average Bonchev–Trinajstić information content (AvgIpc) is 3.93. The molecule has 4 saturated heterocycles. The zero-order valence-electron chi connectivity index (χ0n) is 43.1. The molecule has 6 fully saturated rings. The van der Waals surface area contributed by atoms with Gasteiger partial charge in [-0.25, -0.2) is 9.78 Å². The van der Waals surface area contributed by atoms with Gasteiger partial charge in [-0.1, -0.05) is 0 Å². The molecule has 0 spiro atoms. The number of likely N-dealkylation sites (tertiary alicyclic amines) is 1. The highest BCUT2D eigenvalue weighted by atomic mass is 16.5. The standard InChI is InChI=1S/C53H71N13O8/c1-4-74-52(73)45-33(2)55-53(57-38-30-54-60(3)32-38)59-46(45)56-37-9-11-39(12-10-37)62-25-27-65(28-26-62)49(70)36-7-5-35(6-8-36)48(69)64-19-17-34(18-20-64)31-61-21-23-63(24-22-61)40-13-14-41-42(29-40)51(72)66(50(41)71)43-15-16-44(67)58-47(43)68/h13-14,29-30,32,34-37,39,43H,4-12,15-28,31H2,1-3H3,(H,58,67,68)(H2,55,56,57,59). The number of amides is 6. The van der Waals surface area contributed by atoms with Gasteiger partial charge in [0.1, 0.15) is 17.4 Å². The molecule has 6 amide bonds. The number of rotatable bonds is 13. The number of piperidine rings is 2. The van der Waals surface area contributed by atoms with Gasteiger partial charge >= 0.3 is 5.97 Å². The predicted molar refractivity (Wildman–Crippen MR) is 274 cm³/mol. The topological polar surface area (TPSA) is 228 Å². The van der Waals surface area contributed by atoms with Crippen molar-refractivity contribution in [1.29, 1.82) is 0 Å². The van der Waals surface area contributed by atoms with Crippen LogP contribution in [0.3, 0.4) is 0 Å². The average molecular weight is 1020 g/mol. The highest BCUT2D eigenvalue weighted by molar-refractivity contribution is 6.23. The van der Waals surface area contributed by atoms with Gasteiger partial charge in [-0.05, 0) is 109 Å². The number of ether oxygens (including phenoxy) is 1. The monoisotopic (exact) mass is 1020 g/mol. The lowest BCUT2D eigenvalue weighted by Crippen LogP contribution is -2.54. The lowest BCUT2D eigenvalue weighted by atomic mass is 9.80. The molecule has 7 aliphatic rings. The van der Waals surface area contributed by atoms with Crippen LogP contribution >= 0.6 is 0 Å². The Labute approximate surface area is 432 Å². The fourth-order valence-electron chi connectivity index (χ4n) is 12.5. The quantitative estimate of drug-likeness (QED) is 0.164. The molecule has 1 unspecified atom stereocenters. The van der Waals surface area contributed by atoms with Crippen LogP contribution < -0.4 is 20.9 Å². The van der Waals surface area contributed by atoms with E-state index in [0.29, 0.717) is 40.5 Å². The zero-order chi connectivity index (χ0) is 51.6. The fourth-order valence-corrected chi connectivity index (χ4v) is 12.5. The van der Waals surface area contributed by atoms with E-state index in [2.05, 4.69) is 50.5 Å². The maximum absolute atomic E-state index is 13.8. The molecule has 10 rings (SSSR count). The Morgan fingerprint density at radius 3 is 2.05 bits per heavy atom. The maximum Gasteiger partial charge on any atom is 0.343 e. The van der Waals surface area contributed by atoms with E-state index in [1.807, 2.05) is 19.3 Å². The second kappa shape index (κ2) is 22.2. The largest absolute Gasteiger partial charge is 0.462 e. The van der Waals surface area contributed by atoms with Gasteiger partial charge in [0, 0.05) is 121 Å². The number of anilines is 4. The minimum absolute atomic E-state index is 0.0149. The van der Waals surface area contributed by atoms with Crippen molar-refractivity contribution in [3.63, 3.8) is 0 Å². The molecule has 0 radical (unpaired) electrons. The van der Waals surface area contributed by atoms with E-state index in [-0.39, 0.29) is 54.7 Å². The van der Waals surface area contributed by atoms with E-state index < -0.39 is 35.6 Å². The van der Waals surface area contributed by atoms with Crippen molar-refractivity contribution in [2.24, 2.45) is 24.8 Å². The second-order valence-electron chi connectivity index (χ2n) is 21.4. The Hall–Kier alpha value is -6.48. The summed E-state index contributed by atoms with van der Waals surface area (Å²) >= 11 is 0. The normalized spacial score (nSPS) is 25.5. The first-order chi connectivity index (χ1) is 35.8. The Bertz CT molecular complexity index is 2620. The Morgan fingerprint density at radius 1 is 0.757 bits per heavy atom. The Morgan fingerprint density at radius 2 is 1.42 bits per heavy atom. The summed E-state index contributed by atoms with van der Waals surface area (Å²) in [6, 6.07) is 4.90. The maximum atomic E-state index is 13.8. The van der Waals surface area contributed by atoms with Crippen LogP contribution in [0.15, 0.2) is 30.6 Å². The van der Waals surface area contributed by atoms with Gasteiger partial charge in [0.05, 0.1) is 35.3 Å².